The predicted molar refractivity (Wildman–Crippen MR) is 76.8 cm³/mol. The number of hydrogen-bond acceptors (Lipinski definition) is 2. The van der Waals surface area contributed by atoms with Gasteiger partial charge in [-0.05, 0) is 48.5 Å². The summed E-state index contributed by atoms with van der Waals surface area (Å²) in [7, 11) is 0. The maximum Gasteiger partial charge on any atom is 0.335 e. The molecule has 2 aromatic carbocycles. The molecule has 0 radical (unpaired) electrons. The van der Waals surface area contributed by atoms with E-state index in [0.717, 1.165) is 0 Å². The molecule has 0 aliphatic rings. The number of rotatable bonds is 2. The standard InChI is InChI=1S/2C7H5ClO2.Ni/c2*8-6-3-1-5(2-4-6)7(9)10;/h2*1-4H,(H,9,10);. The summed E-state index contributed by atoms with van der Waals surface area (Å²) in [6.45, 7) is 0. The molecule has 0 aliphatic heterocycles. The molecule has 0 saturated carbocycles. The molecule has 0 unspecified atom stereocenters. The molecule has 21 heavy (non-hydrogen) atoms. The second-order valence-corrected chi connectivity index (χ2v) is 4.50. The predicted octanol–water partition coefficient (Wildman–Crippen LogP) is 4.07. The first-order chi connectivity index (χ1) is 9.40. The van der Waals surface area contributed by atoms with Gasteiger partial charge in [0.1, 0.15) is 0 Å². The van der Waals surface area contributed by atoms with Crippen molar-refractivity contribution in [3.05, 3.63) is 69.7 Å². The largest absolute Gasteiger partial charge is 0.478 e. The Hall–Kier alpha value is -1.55. The Morgan fingerprint density at radius 3 is 1.10 bits per heavy atom. The maximum absolute atomic E-state index is 10.3. The first-order valence-corrected chi connectivity index (χ1v) is 6.13. The Labute approximate surface area is 141 Å². The van der Waals surface area contributed by atoms with Crippen molar-refractivity contribution in [2.45, 2.75) is 0 Å². The monoisotopic (exact) mass is 370 g/mol. The van der Waals surface area contributed by atoms with Crippen LogP contribution in [0.15, 0.2) is 48.5 Å². The van der Waals surface area contributed by atoms with E-state index in [0.29, 0.717) is 10.0 Å². The van der Waals surface area contributed by atoms with E-state index in [2.05, 4.69) is 0 Å². The zero-order valence-electron chi connectivity index (χ0n) is 10.4. The smallest absolute Gasteiger partial charge is 0.335 e. The minimum Gasteiger partial charge on any atom is -0.478 e. The third-order valence-electron chi connectivity index (χ3n) is 2.18. The van der Waals surface area contributed by atoms with Gasteiger partial charge < -0.3 is 10.2 Å². The van der Waals surface area contributed by atoms with E-state index in [4.69, 9.17) is 33.4 Å². The number of carboxylic acid groups (broad SMARTS) is 2. The molecule has 2 N–H and O–H groups in total. The minimum atomic E-state index is -0.934. The zero-order chi connectivity index (χ0) is 15.1. The van der Waals surface area contributed by atoms with Crippen molar-refractivity contribution in [1.82, 2.24) is 0 Å². The van der Waals surface area contributed by atoms with E-state index >= 15 is 0 Å². The number of carbonyl (C=O) groups is 2. The van der Waals surface area contributed by atoms with Crippen molar-refractivity contribution < 1.29 is 36.3 Å². The van der Waals surface area contributed by atoms with E-state index in [1.165, 1.54) is 24.3 Å². The van der Waals surface area contributed by atoms with E-state index < -0.39 is 11.9 Å². The molecule has 0 aromatic heterocycles. The Morgan fingerprint density at radius 2 is 0.905 bits per heavy atom. The van der Waals surface area contributed by atoms with Crippen LogP contribution in [0.2, 0.25) is 10.0 Å². The SMILES string of the molecule is O=C(O)c1ccc(Cl)cc1.O=C(O)c1ccc(Cl)cc1.[Ni]. The van der Waals surface area contributed by atoms with Crippen molar-refractivity contribution in [2.24, 2.45) is 0 Å². The number of aromatic carboxylic acids is 2. The van der Waals surface area contributed by atoms with Crippen LogP contribution in [0.1, 0.15) is 20.7 Å². The number of hydrogen-bond donors (Lipinski definition) is 2. The molecule has 0 spiro atoms. The fourth-order valence-electron chi connectivity index (χ4n) is 1.18. The number of benzene rings is 2. The third-order valence-corrected chi connectivity index (χ3v) is 2.69. The summed E-state index contributed by atoms with van der Waals surface area (Å²) in [6, 6.07) is 12.0. The molecule has 0 saturated heterocycles. The first-order valence-electron chi connectivity index (χ1n) is 5.38. The molecule has 4 nitrogen and oxygen atoms in total. The van der Waals surface area contributed by atoms with Gasteiger partial charge in [-0.25, -0.2) is 9.59 Å². The van der Waals surface area contributed by atoms with Crippen molar-refractivity contribution in [3.63, 3.8) is 0 Å². The fourth-order valence-corrected chi connectivity index (χ4v) is 1.44. The minimum absolute atomic E-state index is 0. The fraction of sp³-hybridized carbons (Fsp3) is 0. The van der Waals surface area contributed by atoms with Crippen LogP contribution in [-0.4, -0.2) is 22.2 Å². The Balaban J connectivity index is 0.000000364. The molecule has 0 aliphatic carbocycles. The Morgan fingerprint density at radius 1 is 0.667 bits per heavy atom. The topological polar surface area (TPSA) is 74.6 Å². The number of halogens is 2. The molecule has 0 amide bonds. The second kappa shape index (κ2) is 9.40. The summed E-state index contributed by atoms with van der Waals surface area (Å²) in [6.07, 6.45) is 0. The van der Waals surface area contributed by atoms with Crippen molar-refractivity contribution >= 4 is 35.1 Å². The van der Waals surface area contributed by atoms with Crippen LogP contribution in [0.25, 0.3) is 0 Å². The van der Waals surface area contributed by atoms with Crippen LogP contribution in [0.4, 0.5) is 0 Å². The van der Waals surface area contributed by atoms with E-state index in [9.17, 15) is 9.59 Å². The third kappa shape index (κ3) is 7.14. The van der Waals surface area contributed by atoms with Crippen molar-refractivity contribution in [2.75, 3.05) is 0 Å². The molecule has 0 bridgehead atoms. The van der Waals surface area contributed by atoms with Gasteiger partial charge in [-0.3, -0.25) is 0 Å². The quantitative estimate of drug-likeness (QED) is 0.780. The molecule has 0 fully saturated rings. The molecule has 114 valence electrons. The van der Waals surface area contributed by atoms with Crippen LogP contribution >= 0.6 is 23.2 Å². The summed E-state index contributed by atoms with van der Waals surface area (Å²) in [4.78, 5) is 20.5. The molecule has 7 heteroatoms. The summed E-state index contributed by atoms with van der Waals surface area (Å²) in [5.74, 6) is -1.87. The van der Waals surface area contributed by atoms with Gasteiger partial charge in [-0.1, -0.05) is 23.2 Å². The van der Waals surface area contributed by atoms with Crippen LogP contribution in [0.5, 0.6) is 0 Å². The van der Waals surface area contributed by atoms with Crippen molar-refractivity contribution in [3.8, 4) is 0 Å². The maximum atomic E-state index is 10.3. The van der Waals surface area contributed by atoms with E-state index in [1.54, 1.807) is 24.3 Å². The van der Waals surface area contributed by atoms with Gasteiger partial charge in [0.2, 0.25) is 0 Å². The van der Waals surface area contributed by atoms with Gasteiger partial charge >= 0.3 is 11.9 Å². The van der Waals surface area contributed by atoms with Gasteiger partial charge in [0.15, 0.2) is 0 Å². The van der Waals surface area contributed by atoms with Crippen molar-refractivity contribution in [1.29, 1.82) is 0 Å². The normalized spacial score (nSPS) is 8.86. The average Bonchev–Trinajstić information content (AvgIpc) is 2.40. The first kappa shape index (κ1) is 19.5. The number of carboxylic acids is 2. The van der Waals surface area contributed by atoms with Crippen LogP contribution in [0.3, 0.4) is 0 Å². The van der Waals surface area contributed by atoms with Gasteiger partial charge in [0.25, 0.3) is 0 Å². The zero-order valence-corrected chi connectivity index (χ0v) is 12.9. The molecule has 2 rings (SSSR count). The molecule has 2 aromatic rings. The molecular weight excluding hydrogens is 362 g/mol. The van der Waals surface area contributed by atoms with Gasteiger partial charge in [0.05, 0.1) is 11.1 Å². The van der Waals surface area contributed by atoms with Crippen LogP contribution in [-0.2, 0) is 16.5 Å². The molecule has 0 heterocycles. The summed E-state index contributed by atoms with van der Waals surface area (Å²) in [5, 5.41) is 18.0. The Kier molecular flexibility index (Phi) is 8.71. The second-order valence-electron chi connectivity index (χ2n) is 3.62. The van der Waals surface area contributed by atoms with Crippen LogP contribution < -0.4 is 0 Å². The van der Waals surface area contributed by atoms with E-state index in [-0.39, 0.29) is 27.6 Å². The van der Waals surface area contributed by atoms with E-state index in [1.807, 2.05) is 0 Å². The summed E-state index contributed by atoms with van der Waals surface area (Å²) in [5.41, 5.74) is 0.508. The Bertz CT molecular complexity index is 542. The summed E-state index contributed by atoms with van der Waals surface area (Å²) >= 11 is 11.0. The molecule has 0 atom stereocenters. The molecular formula is C14H10Cl2NiO4. The van der Waals surface area contributed by atoms with Gasteiger partial charge in [0, 0.05) is 26.5 Å². The average molecular weight is 372 g/mol. The summed E-state index contributed by atoms with van der Waals surface area (Å²) < 4.78 is 0. The van der Waals surface area contributed by atoms with Gasteiger partial charge in [-0.2, -0.15) is 0 Å². The van der Waals surface area contributed by atoms with Crippen LogP contribution in [0, 0.1) is 0 Å². The van der Waals surface area contributed by atoms with Gasteiger partial charge in [-0.15, -0.1) is 0 Å².